The van der Waals surface area contributed by atoms with Crippen LogP contribution in [0, 0.1) is 13.8 Å². The Morgan fingerprint density at radius 1 is 0.605 bits per heavy atom. The number of hydrogen-bond donors (Lipinski definition) is 0. The largest absolute Gasteiger partial charge is 0.490 e. The van der Waals surface area contributed by atoms with E-state index in [4.69, 9.17) is 48.2 Å². The van der Waals surface area contributed by atoms with Crippen LogP contribution in [0.1, 0.15) is 24.7 Å². The highest BCUT2D eigenvalue weighted by atomic mass is 17.2. The summed E-state index contributed by atoms with van der Waals surface area (Å²) >= 11 is 0. The quantitative estimate of drug-likeness (QED) is 0.0910. The van der Waals surface area contributed by atoms with Gasteiger partial charge in [-0.05, 0) is 32.4 Å². The zero-order valence-electron chi connectivity index (χ0n) is 23.0. The molecule has 10 heteroatoms. The van der Waals surface area contributed by atoms with Crippen LogP contribution in [0.4, 0.5) is 0 Å². The molecule has 10 nitrogen and oxygen atoms in total. The predicted molar refractivity (Wildman–Crippen MR) is 144 cm³/mol. The van der Waals surface area contributed by atoms with Crippen LogP contribution in [0.15, 0.2) is 24.3 Å². The van der Waals surface area contributed by atoms with Gasteiger partial charge in [-0.3, -0.25) is 9.97 Å². The topological polar surface area (TPSA) is 99.6 Å². The van der Waals surface area contributed by atoms with E-state index in [9.17, 15) is 0 Å². The molecule has 0 aliphatic rings. The van der Waals surface area contributed by atoms with E-state index in [-0.39, 0.29) is 0 Å². The summed E-state index contributed by atoms with van der Waals surface area (Å²) in [6, 6.07) is 7.68. The summed E-state index contributed by atoms with van der Waals surface area (Å²) in [5.74, 6) is 1.31. The van der Waals surface area contributed by atoms with Crippen molar-refractivity contribution in [3.05, 3.63) is 35.7 Å². The van der Waals surface area contributed by atoms with Crippen molar-refractivity contribution in [2.45, 2.75) is 27.2 Å². The molecule has 0 atom stereocenters. The third kappa shape index (κ3) is 9.61. The van der Waals surface area contributed by atoms with Crippen LogP contribution in [0.25, 0.3) is 21.8 Å². The second kappa shape index (κ2) is 17.1. The molecule has 0 spiro atoms. The lowest BCUT2D eigenvalue weighted by atomic mass is 10.1. The lowest BCUT2D eigenvalue weighted by Crippen LogP contribution is -2.12. The first-order valence-corrected chi connectivity index (χ1v) is 13.1. The van der Waals surface area contributed by atoms with Crippen molar-refractivity contribution >= 4 is 21.8 Å². The van der Waals surface area contributed by atoms with Gasteiger partial charge in [0.2, 0.25) is 0 Å². The molecule has 0 N–H and O–H groups in total. The van der Waals surface area contributed by atoms with E-state index >= 15 is 0 Å². The summed E-state index contributed by atoms with van der Waals surface area (Å²) in [4.78, 5) is 20.6. The number of aromatic nitrogens is 2. The van der Waals surface area contributed by atoms with Gasteiger partial charge in [0.25, 0.3) is 0 Å². The maximum atomic E-state index is 6.06. The summed E-state index contributed by atoms with van der Waals surface area (Å²) < 4.78 is 32.9. The minimum atomic E-state index is 0.293. The van der Waals surface area contributed by atoms with Crippen molar-refractivity contribution in [2.24, 2.45) is 0 Å². The monoisotopic (exact) mass is 532 g/mol. The molecule has 0 unspecified atom stereocenters. The van der Waals surface area contributed by atoms with Crippen LogP contribution in [0.2, 0.25) is 0 Å². The van der Waals surface area contributed by atoms with Crippen LogP contribution in [-0.2, 0) is 28.6 Å². The molecule has 1 aromatic carbocycles. The first-order chi connectivity index (χ1) is 18.6. The lowest BCUT2D eigenvalue weighted by molar-refractivity contribution is -0.214. The smallest absolute Gasteiger partial charge is 0.176 e. The molecule has 210 valence electrons. The van der Waals surface area contributed by atoms with Crippen LogP contribution in [0.3, 0.4) is 0 Å². The second-order valence-electron chi connectivity index (χ2n) is 8.58. The number of benzene rings is 1. The van der Waals surface area contributed by atoms with Gasteiger partial charge < -0.3 is 33.3 Å². The maximum absolute atomic E-state index is 6.06. The molecule has 0 saturated heterocycles. The predicted octanol–water partition coefficient (Wildman–Crippen LogP) is 4.21. The summed E-state index contributed by atoms with van der Waals surface area (Å²) in [5, 5.41) is 1.67. The van der Waals surface area contributed by atoms with Gasteiger partial charge in [0.1, 0.15) is 30.0 Å². The Balaban J connectivity index is 1.59. The van der Waals surface area contributed by atoms with Gasteiger partial charge in [-0.2, -0.15) is 4.89 Å². The van der Waals surface area contributed by atoms with E-state index in [0.717, 1.165) is 52.0 Å². The number of aryl methyl sites for hydroxylation is 2. The highest BCUT2D eigenvalue weighted by Crippen LogP contribution is 2.34. The van der Waals surface area contributed by atoms with E-state index in [0.29, 0.717) is 71.8 Å². The molecule has 38 heavy (non-hydrogen) atoms. The normalized spacial score (nSPS) is 11.5. The van der Waals surface area contributed by atoms with Crippen molar-refractivity contribution in [3.63, 3.8) is 0 Å². The van der Waals surface area contributed by atoms with Gasteiger partial charge in [-0.15, -0.1) is 0 Å². The fourth-order valence-electron chi connectivity index (χ4n) is 3.68. The SMILES string of the molecule is CCCOCCOCCOOc1cc(C)nc2c1ccc1c(OCCOCCOCCOC)cc(C)nc12. The summed E-state index contributed by atoms with van der Waals surface area (Å²) in [5.41, 5.74) is 3.09. The average molecular weight is 533 g/mol. The summed E-state index contributed by atoms with van der Waals surface area (Å²) in [7, 11) is 1.65. The Hall–Kier alpha value is -2.60. The Labute approximate surface area is 224 Å². The van der Waals surface area contributed by atoms with Gasteiger partial charge in [-0.25, -0.2) is 0 Å². The minimum absolute atomic E-state index is 0.293. The number of fused-ring (bicyclic) bond motifs is 3. The van der Waals surface area contributed by atoms with Crippen molar-refractivity contribution in [3.8, 4) is 11.5 Å². The molecule has 2 aromatic heterocycles. The Kier molecular flexibility index (Phi) is 13.5. The third-order valence-corrected chi connectivity index (χ3v) is 5.41. The van der Waals surface area contributed by atoms with Crippen molar-refractivity contribution in [1.82, 2.24) is 9.97 Å². The fraction of sp³-hybridized carbons (Fsp3) is 0.571. The van der Waals surface area contributed by atoms with Crippen LogP contribution in [0.5, 0.6) is 11.5 Å². The third-order valence-electron chi connectivity index (χ3n) is 5.41. The van der Waals surface area contributed by atoms with Gasteiger partial charge in [0.05, 0.1) is 52.9 Å². The molecule has 0 bridgehead atoms. The number of methoxy groups -OCH3 is 1. The first-order valence-electron chi connectivity index (χ1n) is 13.1. The van der Waals surface area contributed by atoms with Gasteiger partial charge in [0.15, 0.2) is 5.75 Å². The van der Waals surface area contributed by atoms with Crippen LogP contribution in [-0.4, -0.2) is 89.8 Å². The lowest BCUT2D eigenvalue weighted by Gasteiger charge is -2.14. The van der Waals surface area contributed by atoms with E-state index in [1.165, 1.54) is 0 Å². The van der Waals surface area contributed by atoms with E-state index in [1.54, 1.807) is 7.11 Å². The van der Waals surface area contributed by atoms with E-state index in [1.807, 2.05) is 38.1 Å². The van der Waals surface area contributed by atoms with Crippen molar-refractivity contribution in [2.75, 3.05) is 79.8 Å². The highest BCUT2D eigenvalue weighted by Gasteiger charge is 2.14. The van der Waals surface area contributed by atoms with Crippen molar-refractivity contribution < 1.29 is 38.2 Å². The minimum Gasteiger partial charge on any atom is -0.490 e. The number of nitrogens with zero attached hydrogens (tertiary/aromatic N) is 2. The molecule has 0 aliphatic carbocycles. The van der Waals surface area contributed by atoms with Gasteiger partial charge in [-0.1, -0.05) is 6.92 Å². The van der Waals surface area contributed by atoms with Crippen molar-refractivity contribution in [1.29, 1.82) is 0 Å². The Morgan fingerprint density at radius 2 is 1.11 bits per heavy atom. The molecule has 0 fully saturated rings. The Morgan fingerprint density at radius 3 is 1.71 bits per heavy atom. The second-order valence-corrected chi connectivity index (χ2v) is 8.58. The molecule has 0 amide bonds. The molecule has 3 aromatic rings. The zero-order chi connectivity index (χ0) is 27.0. The van der Waals surface area contributed by atoms with E-state index < -0.39 is 0 Å². The molecular formula is C28H40N2O8. The number of hydrogen-bond acceptors (Lipinski definition) is 10. The Bertz CT molecular complexity index is 1020. The highest BCUT2D eigenvalue weighted by molar-refractivity contribution is 6.07. The summed E-state index contributed by atoms with van der Waals surface area (Å²) in [6.07, 6.45) is 0.996. The van der Waals surface area contributed by atoms with Gasteiger partial charge in [0, 0.05) is 48.0 Å². The number of rotatable bonds is 20. The molecule has 0 radical (unpaired) electrons. The van der Waals surface area contributed by atoms with Crippen LogP contribution >= 0.6 is 0 Å². The molecule has 0 aliphatic heterocycles. The zero-order valence-corrected chi connectivity index (χ0v) is 23.0. The van der Waals surface area contributed by atoms with Gasteiger partial charge >= 0.3 is 0 Å². The molecular weight excluding hydrogens is 492 g/mol. The van der Waals surface area contributed by atoms with E-state index in [2.05, 4.69) is 6.92 Å². The average Bonchev–Trinajstić information content (AvgIpc) is 2.91. The standard InChI is InChI=1S/C28H40N2O8/c1-5-8-32-11-12-35-16-18-37-38-26-20-22(3)30-28-24(26)7-6-23-25(19-21(2)29-27(23)28)36-17-15-34-14-13-33-10-9-31-4/h6-7,19-20H,5,8-18H2,1-4H3. The molecule has 3 rings (SSSR count). The molecule has 0 saturated carbocycles. The first kappa shape index (κ1) is 29.9. The maximum Gasteiger partial charge on any atom is 0.176 e. The number of pyridine rings is 2. The number of ether oxygens (including phenoxy) is 6. The fourth-order valence-corrected chi connectivity index (χ4v) is 3.68. The summed E-state index contributed by atoms with van der Waals surface area (Å²) in [6.45, 7) is 11.5. The molecule has 2 heterocycles. The van der Waals surface area contributed by atoms with Crippen LogP contribution < -0.4 is 9.62 Å².